The molecule has 0 aliphatic rings. The molecule has 1 aromatic heterocycles. The summed E-state index contributed by atoms with van der Waals surface area (Å²) < 4.78 is 5.29. The van der Waals surface area contributed by atoms with Crippen LogP contribution in [0.2, 0.25) is 0 Å². The van der Waals surface area contributed by atoms with Gasteiger partial charge in [0.25, 0.3) is 0 Å². The second-order valence-electron chi connectivity index (χ2n) is 6.13. The van der Waals surface area contributed by atoms with Gasteiger partial charge in [-0.25, -0.2) is 4.79 Å². The highest BCUT2D eigenvalue weighted by Crippen LogP contribution is 2.28. The molecule has 1 atom stereocenters. The molecular weight excluding hydrogens is 387 g/mol. The highest BCUT2D eigenvalue weighted by Gasteiger charge is 2.08. The van der Waals surface area contributed by atoms with E-state index in [0.29, 0.717) is 5.58 Å². The van der Waals surface area contributed by atoms with Gasteiger partial charge in [0.2, 0.25) is 0 Å². The molecule has 0 aliphatic heterocycles. The van der Waals surface area contributed by atoms with E-state index in [1.165, 1.54) is 17.1 Å². The Morgan fingerprint density at radius 3 is 2.68 bits per heavy atom. The molecule has 1 aromatic carbocycles. The topological polar surface area (TPSA) is 30.2 Å². The lowest BCUT2D eigenvalue weighted by Crippen LogP contribution is -1.98. The Hall–Kier alpha value is -0.350. The Morgan fingerprint density at radius 1 is 1.16 bits per heavy atom. The highest BCUT2D eigenvalue weighted by atomic mass is 32.2. The fraction of sp³-hybridized carbons (Fsp3) is 0.474. The van der Waals surface area contributed by atoms with Gasteiger partial charge in [-0.05, 0) is 32.9 Å². The van der Waals surface area contributed by atoms with Crippen LogP contribution in [-0.2, 0) is 0 Å². The van der Waals surface area contributed by atoms with Crippen LogP contribution in [0.3, 0.4) is 0 Å². The molecule has 2 rings (SSSR count). The maximum absolute atomic E-state index is 11.7. The molecule has 0 aliphatic carbocycles. The third kappa shape index (κ3) is 7.05. The predicted molar refractivity (Wildman–Crippen MR) is 122 cm³/mol. The molecule has 2 aromatic rings. The molecule has 136 valence electrons. The van der Waals surface area contributed by atoms with Crippen molar-refractivity contribution < 1.29 is 4.42 Å². The molecular formula is C19H26O2PS3+. The predicted octanol–water partition coefficient (Wildman–Crippen LogP) is 5.94. The largest absolute Gasteiger partial charge is 0.423 e. The standard InChI is InChI=1S/C19H26O2PS3/c1-14(2)22(4)13-24-8-7-23-9-10-25-18-12-19(20)21-17-6-5-15(3)11-16(17)18/h5-6,11-14H,7-10H2,1-4H3/q+1. The summed E-state index contributed by atoms with van der Waals surface area (Å²) >= 11 is 5.71. The summed E-state index contributed by atoms with van der Waals surface area (Å²) in [5.41, 5.74) is 2.39. The fourth-order valence-corrected chi connectivity index (χ4v) is 6.99. The van der Waals surface area contributed by atoms with Crippen molar-refractivity contribution in [2.45, 2.75) is 31.3 Å². The van der Waals surface area contributed by atoms with E-state index in [1.54, 1.807) is 17.8 Å². The summed E-state index contributed by atoms with van der Waals surface area (Å²) in [6.07, 6.45) is 0. The lowest BCUT2D eigenvalue weighted by atomic mass is 10.2. The number of hydrogen-bond donors (Lipinski definition) is 0. The van der Waals surface area contributed by atoms with E-state index in [1.807, 2.05) is 35.7 Å². The van der Waals surface area contributed by atoms with E-state index < -0.39 is 0 Å². The first-order valence-corrected chi connectivity index (χ1v) is 13.5. The van der Waals surface area contributed by atoms with Crippen molar-refractivity contribution >= 4 is 58.9 Å². The van der Waals surface area contributed by atoms with E-state index in [0.717, 1.165) is 27.4 Å². The van der Waals surface area contributed by atoms with Crippen LogP contribution in [0.25, 0.3) is 11.0 Å². The SMILES string of the molecule is Cc1ccc2oc(=O)cc(SCCSCCS/C=[P+](/C)C(C)C)c2c1. The van der Waals surface area contributed by atoms with E-state index in [4.69, 9.17) is 4.42 Å². The van der Waals surface area contributed by atoms with Crippen LogP contribution >= 0.6 is 42.8 Å². The Balaban J connectivity index is 1.77. The first-order valence-electron chi connectivity index (χ1n) is 8.39. The summed E-state index contributed by atoms with van der Waals surface area (Å²) in [4.78, 5) is 12.7. The zero-order valence-electron chi connectivity index (χ0n) is 15.3. The van der Waals surface area contributed by atoms with Gasteiger partial charge in [-0.15, -0.1) is 11.8 Å². The van der Waals surface area contributed by atoms with Crippen LogP contribution < -0.4 is 5.63 Å². The highest BCUT2D eigenvalue weighted by molar-refractivity contribution is 8.18. The zero-order valence-corrected chi connectivity index (χ0v) is 18.6. The molecule has 2 nitrogen and oxygen atoms in total. The minimum absolute atomic E-state index is 0.0657. The molecule has 0 saturated heterocycles. The van der Waals surface area contributed by atoms with Gasteiger partial charge < -0.3 is 4.42 Å². The quantitative estimate of drug-likeness (QED) is 0.220. The van der Waals surface area contributed by atoms with E-state index in [9.17, 15) is 4.79 Å². The van der Waals surface area contributed by atoms with Gasteiger partial charge in [-0.3, -0.25) is 0 Å². The number of rotatable bonds is 9. The molecule has 0 amide bonds. The van der Waals surface area contributed by atoms with Gasteiger partial charge >= 0.3 is 5.63 Å². The number of fused-ring (bicyclic) bond motifs is 1. The number of thioether (sulfide) groups is 3. The minimum atomic E-state index is -0.264. The molecule has 1 heterocycles. The van der Waals surface area contributed by atoms with Crippen molar-refractivity contribution in [1.82, 2.24) is 0 Å². The monoisotopic (exact) mass is 413 g/mol. The second-order valence-corrected chi connectivity index (χ2v) is 12.4. The molecule has 0 bridgehead atoms. The van der Waals surface area contributed by atoms with Crippen LogP contribution in [0.4, 0.5) is 0 Å². The van der Waals surface area contributed by atoms with Gasteiger partial charge in [0.05, 0.1) is 6.66 Å². The fourth-order valence-electron chi connectivity index (χ4n) is 2.08. The molecule has 0 spiro atoms. The first-order chi connectivity index (χ1) is 12.0. The van der Waals surface area contributed by atoms with Crippen LogP contribution in [0, 0.1) is 6.92 Å². The van der Waals surface area contributed by atoms with Crippen LogP contribution in [0.5, 0.6) is 0 Å². The summed E-state index contributed by atoms with van der Waals surface area (Å²) in [6, 6.07) is 7.58. The Kier molecular flexibility index (Phi) is 8.98. The first kappa shape index (κ1) is 21.0. The molecule has 0 N–H and O–H groups in total. The normalized spacial score (nSPS) is 12.3. The minimum Gasteiger partial charge on any atom is -0.423 e. The maximum atomic E-state index is 11.7. The third-order valence-corrected chi connectivity index (χ3v) is 10.3. The zero-order chi connectivity index (χ0) is 18.2. The third-order valence-electron chi connectivity index (χ3n) is 3.75. The molecule has 25 heavy (non-hydrogen) atoms. The summed E-state index contributed by atoms with van der Waals surface area (Å²) in [6.45, 7) is 9.00. The number of aryl methyl sites for hydroxylation is 1. The van der Waals surface area contributed by atoms with Crippen molar-refractivity contribution in [2.24, 2.45) is 0 Å². The van der Waals surface area contributed by atoms with Crippen LogP contribution in [0.15, 0.2) is 38.4 Å². The second kappa shape index (κ2) is 10.7. The van der Waals surface area contributed by atoms with Gasteiger partial charge in [0.1, 0.15) is 23.9 Å². The molecule has 0 saturated carbocycles. The Morgan fingerprint density at radius 2 is 1.92 bits per heavy atom. The van der Waals surface area contributed by atoms with E-state index in [2.05, 4.69) is 38.6 Å². The smallest absolute Gasteiger partial charge is 0.337 e. The van der Waals surface area contributed by atoms with Crippen molar-refractivity contribution in [3.05, 3.63) is 40.2 Å². The van der Waals surface area contributed by atoms with Crippen LogP contribution in [0.1, 0.15) is 19.4 Å². The van der Waals surface area contributed by atoms with E-state index >= 15 is 0 Å². The summed E-state index contributed by atoms with van der Waals surface area (Å²) in [7, 11) is 0.0657. The lowest BCUT2D eigenvalue weighted by molar-refractivity contribution is 0.557. The van der Waals surface area contributed by atoms with Gasteiger partial charge in [-0.1, -0.05) is 23.4 Å². The Labute approximate surface area is 164 Å². The van der Waals surface area contributed by atoms with E-state index in [-0.39, 0.29) is 13.2 Å². The molecule has 0 radical (unpaired) electrons. The van der Waals surface area contributed by atoms with Gasteiger partial charge in [-0.2, -0.15) is 11.8 Å². The summed E-state index contributed by atoms with van der Waals surface area (Å²) in [5, 5.41) is 3.48. The van der Waals surface area contributed by atoms with Crippen molar-refractivity contribution in [3.63, 3.8) is 0 Å². The van der Waals surface area contributed by atoms with Crippen molar-refractivity contribution in [1.29, 1.82) is 0 Å². The molecule has 1 unspecified atom stereocenters. The maximum Gasteiger partial charge on any atom is 0.337 e. The number of benzene rings is 1. The summed E-state index contributed by atoms with van der Waals surface area (Å²) in [5.74, 6) is 4.48. The molecule has 0 fully saturated rings. The number of hydrogen-bond acceptors (Lipinski definition) is 5. The average molecular weight is 414 g/mol. The van der Waals surface area contributed by atoms with Gasteiger partial charge in [0.15, 0.2) is 0 Å². The lowest BCUT2D eigenvalue weighted by Gasteiger charge is -2.06. The van der Waals surface area contributed by atoms with Gasteiger partial charge in [0, 0.05) is 39.4 Å². The molecule has 6 heteroatoms. The van der Waals surface area contributed by atoms with Crippen LogP contribution in [-0.4, -0.2) is 40.5 Å². The Bertz CT molecular complexity index is 784. The van der Waals surface area contributed by atoms with Crippen molar-refractivity contribution in [2.75, 3.05) is 29.7 Å². The van der Waals surface area contributed by atoms with Crippen molar-refractivity contribution in [3.8, 4) is 0 Å². The average Bonchev–Trinajstić information content (AvgIpc) is 2.57.